The lowest BCUT2D eigenvalue weighted by Gasteiger charge is -2.41. The van der Waals surface area contributed by atoms with Crippen LogP contribution in [0.25, 0.3) is 4.85 Å². The molecule has 0 aliphatic carbocycles. The number of fused-ring (bicyclic) bond motifs is 1. The normalized spacial score (nSPS) is 21.6. The van der Waals surface area contributed by atoms with Crippen LogP contribution in [-0.2, 0) is 0 Å². The third kappa shape index (κ3) is 4.07. The number of nitrogens with one attached hydrogen (secondary N) is 2. The Labute approximate surface area is 154 Å². The van der Waals surface area contributed by atoms with E-state index in [4.69, 9.17) is 16.6 Å². The summed E-state index contributed by atoms with van der Waals surface area (Å²) in [5.41, 5.74) is -0.0799. The van der Waals surface area contributed by atoms with Crippen molar-refractivity contribution >= 4 is 11.6 Å². The van der Waals surface area contributed by atoms with Crippen molar-refractivity contribution in [2.75, 3.05) is 0 Å². The molecule has 7 heteroatoms. The van der Waals surface area contributed by atoms with Crippen LogP contribution in [0.3, 0.4) is 0 Å². The first kappa shape index (κ1) is 19.6. The molecule has 1 aliphatic rings. The number of benzene rings is 1. The highest BCUT2D eigenvalue weighted by molar-refractivity contribution is 5.82. The molecule has 2 atom stereocenters. The van der Waals surface area contributed by atoms with Crippen LogP contribution in [0.4, 0.5) is 5.69 Å². The molecular formula is C19H25N5O2. The number of nitrogens with zero attached hydrogens (tertiary/aromatic N) is 3. The van der Waals surface area contributed by atoms with Gasteiger partial charge < -0.3 is 15.2 Å². The number of aliphatic imine (C=N–C) groups is 1. The van der Waals surface area contributed by atoms with Gasteiger partial charge in [0.05, 0.1) is 6.57 Å². The van der Waals surface area contributed by atoms with Gasteiger partial charge in [0, 0.05) is 11.1 Å². The summed E-state index contributed by atoms with van der Waals surface area (Å²) in [6, 6.07) is 4.39. The molecule has 1 aromatic carbocycles. The Hall–Kier alpha value is -2.77. The molecule has 0 bridgehead atoms. The molecule has 0 saturated carbocycles. The van der Waals surface area contributed by atoms with Crippen molar-refractivity contribution in [3.8, 4) is 11.9 Å². The second-order valence-electron chi connectivity index (χ2n) is 7.51. The summed E-state index contributed by atoms with van der Waals surface area (Å²) in [6.07, 6.45) is 1.75. The van der Waals surface area contributed by atoms with Crippen molar-refractivity contribution in [2.24, 2.45) is 4.99 Å². The van der Waals surface area contributed by atoms with Crippen LogP contribution in [0.5, 0.6) is 5.75 Å². The van der Waals surface area contributed by atoms with Gasteiger partial charge >= 0.3 is 0 Å². The van der Waals surface area contributed by atoms with Gasteiger partial charge in [-0.25, -0.2) is 9.84 Å². The maximum atomic E-state index is 10.8. The first-order valence-corrected chi connectivity index (χ1v) is 8.53. The average molecular weight is 355 g/mol. The van der Waals surface area contributed by atoms with E-state index in [1.807, 2.05) is 27.0 Å². The molecular weight excluding hydrogens is 330 g/mol. The molecule has 2 rings (SSSR count). The highest BCUT2D eigenvalue weighted by Crippen LogP contribution is 2.43. The summed E-state index contributed by atoms with van der Waals surface area (Å²) in [6.45, 7) is 16.8. The van der Waals surface area contributed by atoms with Crippen molar-refractivity contribution in [3.63, 3.8) is 0 Å². The number of aliphatic hydroxyl groups is 1. The highest BCUT2D eigenvalue weighted by atomic mass is 16.5. The number of hydrogen-bond donors (Lipinski definition) is 3. The number of rotatable bonds is 3. The van der Waals surface area contributed by atoms with Gasteiger partial charge in [0.2, 0.25) is 5.96 Å². The minimum Gasteiger partial charge on any atom is -0.485 e. The van der Waals surface area contributed by atoms with Crippen LogP contribution in [0.15, 0.2) is 23.2 Å². The van der Waals surface area contributed by atoms with Gasteiger partial charge in [0.15, 0.2) is 11.9 Å². The second kappa shape index (κ2) is 7.23. The van der Waals surface area contributed by atoms with E-state index in [1.54, 1.807) is 32.0 Å². The maximum Gasteiger partial charge on any atom is 0.205 e. The number of aliphatic hydroxyl groups excluding tert-OH is 1. The van der Waals surface area contributed by atoms with Crippen LogP contribution >= 0.6 is 0 Å². The lowest BCUT2D eigenvalue weighted by Crippen LogP contribution is -2.51. The van der Waals surface area contributed by atoms with Crippen LogP contribution in [-0.4, -0.2) is 28.3 Å². The van der Waals surface area contributed by atoms with E-state index in [2.05, 4.69) is 20.5 Å². The molecule has 1 aromatic rings. The largest absolute Gasteiger partial charge is 0.485 e. The zero-order chi connectivity index (χ0) is 19.5. The number of guanidine groups is 1. The number of hydrogen-bond acceptors (Lipinski definition) is 4. The Kier molecular flexibility index (Phi) is 5.44. The van der Waals surface area contributed by atoms with Crippen molar-refractivity contribution in [2.45, 2.75) is 64.3 Å². The molecule has 1 aliphatic heterocycles. The Balaban J connectivity index is 2.54. The smallest absolute Gasteiger partial charge is 0.205 e. The monoisotopic (exact) mass is 355 g/mol. The van der Waals surface area contributed by atoms with Crippen molar-refractivity contribution in [1.29, 1.82) is 5.26 Å². The third-order valence-electron chi connectivity index (χ3n) is 4.61. The van der Waals surface area contributed by atoms with Crippen LogP contribution in [0, 0.1) is 18.0 Å². The van der Waals surface area contributed by atoms with E-state index >= 15 is 0 Å². The molecule has 26 heavy (non-hydrogen) atoms. The quantitative estimate of drug-likeness (QED) is 0.255. The molecule has 3 N–H and O–H groups in total. The predicted octanol–water partition coefficient (Wildman–Crippen LogP) is 3.02. The van der Waals surface area contributed by atoms with Crippen LogP contribution in [0.2, 0.25) is 0 Å². The van der Waals surface area contributed by atoms with Crippen molar-refractivity contribution in [1.82, 2.24) is 10.6 Å². The molecule has 0 saturated heterocycles. The lowest BCUT2D eigenvalue weighted by atomic mass is 9.86. The summed E-state index contributed by atoms with van der Waals surface area (Å²) in [5, 5.41) is 25.7. The summed E-state index contributed by atoms with van der Waals surface area (Å²) in [7, 11) is 0. The zero-order valence-corrected chi connectivity index (χ0v) is 15.8. The summed E-state index contributed by atoms with van der Waals surface area (Å²) in [4.78, 5) is 8.03. The van der Waals surface area contributed by atoms with E-state index in [9.17, 15) is 5.11 Å². The fraction of sp³-hybridized carbons (Fsp3) is 0.526. The molecule has 0 amide bonds. The van der Waals surface area contributed by atoms with Crippen LogP contribution in [0.1, 0.15) is 52.6 Å². The predicted molar refractivity (Wildman–Crippen MR) is 99.8 cm³/mol. The Morgan fingerprint density at radius 1 is 1.50 bits per heavy atom. The molecule has 1 unspecified atom stereocenters. The van der Waals surface area contributed by atoms with Gasteiger partial charge in [-0.2, -0.15) is 5.26 Å². The maximum absolute atomic E-state index is 10.8. The number of nitriles is 1. The lowest BCUT2D eigenvalue weighted by molar-refractivity contribution is -0.0567. The zero-order valence-electron chi connectivity index (χ0n) is 15.8. The first-order valence-electron chi connectivity index (χ1n) is 8.53. The SMILES string of the molecule is [C-]#[N+]c1ccc2c(c1)C(N=C(NC#N)NC(C)(C)CC)[C@@H](O)C(C)(C)O2. The Morgan fingerprint density at radius 3 is 2.77 bits per heavy atom. The topological polar surface area (TPSA) is 94.0 Å². The number of ether oxygens (including phenoxy) is 1. The molecule has 7 nitrogen and oxygen atoms in total. The molecule has 0 radical (unpaired) electrons. The fourth-order valence-corrected chi connectivity index (χ4v) is 2.66. The van der Waals surface area contributed by atoms with Gasteiger partial charge in [-0.05, 0) is 46.2 Å². The molecule has 138 valence electrons. The van der Waals surface area contributed by atoms with E-state index < -0.39 is 17.7 Å². The minimum atomic E-state index is -0.946. The second-order valence-corrected chi connectivity index (χ2v) is 7.51. The van der Waals surface area contributed by atoms with E-state index in [0.717, 1.165) is 6.42 Å². The van der Waals surface area contributed by atoms with Gasteiger partial charge in [-0.1, -0.05) is 13.0 Å². The molecule has 1 heterocycles. The average Bonchev–Trinajstić information content (AvgIpc) is 2.58. The van der Waals surface area contributed by atoms with Gasteiger partial charge in [0.25, 0.3) is 0 Å². The van der Waals surface area contributed by atoms with Gasteiger partial charge in [0.1, 0.15) is 23.5 Å². The molecule has 0 spiro atoms. The standard InChI is InChI=1S/C19H25N5O2/c1-7-18(2,3)24-17(22-11-20)23-15-13-10-12(21-6)8-9-14(13)26-19(4,5)16(15)25/h8-10,15-16,25H,7H2,1-5H3,(H2,22,23,24)/t15?,16-/m1/s1. The Bertz CT molecular complexity index is 786. The van der Waals surface area contributed by atoms with E-state index in [1.165, 1.54) is 0 Å². The summed E-state index contributed by atoms with van der Waals surface area (Å²) >= 11 is 0. The van der Waals surface area contributed by atoms with E-state index in [-0.39, 0.29) is 11.5 Å². The summed E-state index contributed by atoms with van der Waals surface area (Å²) in [5.74, 6) is 0.854. The van der Waals surface area contributed by atoms with Crippen molar-refractivity contribution in [3.05, 3.63) is 35.2 Å². The molecule has 0 aromatic heterocycles. The fourth-order valence-electron chi connectivity index (χ4n) is 2.66. The first-order chi connectivity index (χ1) is 12.1. The third-order valence-corrected chi connectivity index (χ3v) is 4.61. The van der Waals surface area contributed by atoms with Crippen molar-refractivity contribution < 1.29 is 9.84 Å². The van der Waals surface area contributed by atoms with E-state index in [0.29, 0.717) is 17.0 Å². The van der Waals surface area contributed by atoms with Crippen LogP contribution < -0.4 is 15.4 Å². The molecule has 0 fully saturated rings. The minimum absolute atomic E-state index is 0.278. The summed E-state index contributed by atoms with van der Waals surface area (Å²) < 4.78 is 5.90. The Morgan fingerprint density at radius 2 is 2.19 bits per heavy atom. The van der Waals surface area contributed by atoms with Gasteiger partial charge in [-0.3, -0.25) is 5.32 Å². The highest BCUT2D eigenvalue weighted by Gasteiger charge is 2.43. The van der Waals surface area contributed by atoms with Gasteiger partial charge in [-0.15, -0.1) is 0 Å².